The molecule has 5 nitrogen and oxygen atoms in total. The van der Waals surface area contributed by atoms with Gasteiger partial charge in [-0.25, -0.2) is 4.79 Å². The van der Waals surface area contributed by atoms with Crippen LogP contribution in [0.1, 0.15) is 30.6 Å². The van der Waals surface area contributed by atoms with Gasteiger partial charge in [-0.2, -0.15) is 0 Å². The number of hydrogen-bond donors (Lipinski definition) is 2. The average Bonchev–Trinajstić information content (AvgIpc) is 2.39. The number of nitrogens with one attached hydrogen (secondary N) is 1. The monoisotopic (exact) mass is 264 g/mol. The third-order valence-electron chi connectivity index (χ3n) is 2.59. The minimum atomic E-state index is -0.395. The third-order valence-corrected chi connectivity index (χ3v) is 2.59. The summed E-state index contributed by atoms with van der Waals surface area (Å²) < 4.78 is 4.90. The fourth-order valence-corrected chi connectivity index (χ4v) is 1.55. The summed E-state index contributed by atoms with van der Waals surface area (Å²) in [5.41, 5.74) is 6.48. The lowest BCUT2D eigenvalue weighted by Crippen LogP contribution is -2.20. The summed E-state index contributed by atoms with van der Waals surface area (Å²) >= 11 is 0. The SMILES string of the molecule is CCOC(=O)c1cccc(NC(=O)CC(C)CN)c1. The predicted molar refractivity (Wildman–Crippen MR) is 73.9 cm³/mol. The van der Waals surface area contributed by atoms with E-state index in [1.807, 2.05) is 6.92 Å². The molecular formula is C14H20N2O3. The lowest BCUT2D eigenvalue weighted by molar-refractivity contribution is -0.116. The molecule has 0 aromatic heterocycles. The number of carbonyl (C=O) groups excluding carboxylic acids is 2. The van der Waals surface area contributed by atoms with Crippen molar-refractivity contribution in [2.75, 3.05) is 18.5 Å². The zero-order valence-corrected chi connectivity index (χ0v) is 11.3. The first-order valence-electron chi connectivity index (χ1n) is 6.34. The van der Waals surface area contributed by atoms with Crippen molar-refractivity contribution in [3.8, 4) is 0 Å². The van der Waals surface area contributed by atoms with Gasteiger partial charge in [0.15, 0.2) is 0 Å². The molecule has 1 aromatic rings. The van der Waals surface area contributed by atoms with E-state index in [4.69, 9.17) is 10.5 Å². The first-order valence-corrected chi connectivity index (χ1v) is 6.34. The van der Waals surface area contributed by atoms with Crippen LogP contribution in [0.2, 0.25) is 0 Å². The molecule has 5 heteroatoms. The number of carbonyl (C=O) groups is 2. The van der Waals surface area contributed by atoms with Gasteiger partial charge in [0.05, 0.1) is 12.2 Å². The topological polar surface area (TPSA) is 81.4 Å². The predicted octanol–water partition coefficient (Wildman–Crippen LogP) is 1.79. The second kappa shape index (κ2) is 7.53. The van der Waals surface area contributed by atoms with Crippen LogP contribution in [0.5, 0.6) is 0 Å². The second-order valence-electron chi connectivity index (χ2n) is 4.39. The minimum absolute atomic E-state index is 0.112. The van der Waals surface area contributed by atoms with Gasteiger partial charge in [-0.15, -0.1) is 0 Å². The molecule has 0 heterocycles. The Bertz CT molecular complexity index is 446. The molecule has 0 radical (unpaired) electrons. The van der Waals surface area contributed by atoms with E-state index in [2.05, 4.69) is 5.32 Å². The van der Waals surface area contributed by atoms with E-state index < -0.39 is 5.97 Å². The maximum atomic E-state index is 11.7. The van der Waals surface area contributed by atoms with Gasteiger partial charge in [0.25, 0.3) is 0 Å². The first kappa shape index (κ1) is 15.2. The molecule has 3 N–H and O–H groups in total. The first-order chi connectivity index (χ1) is 9.06. The fourth-order valence-electron chi connectivity index (χ4n) is 1.55. The van der Waals surface area contributed by atoms with Gasteiger partial charge in [0.2, 0.25) is 5.91 Å². The van der Waals surface area contributed by atoms with E-state index in [-0.39, 0.29) is 11.8 Å². The summed E-state index contributed by atoms with van der Waals surface area (Å²) in [4.78, 5) is 23.3. The van der Waals surface area contributed by atoms with Crippen molar-refractivity contribution in [1.82, 2.24) is 0 Å². The van der Waals surface area contributed by atoms with Gasteiger partial charge < -0.3 is 15.8 Å². The van der Waals surface area contributed by atoms with E-state index in [0.717, 1.165) is 0 Å². The van der Waals surface area contributed by atoms with Crippen molar-refractivity contribution in [3.05, 3.63) is 29.8 Å². The maximum absolute atomic E-state index is 11.7. The summed E-state index contributed by atoms with van der Waals surface area (Å²) in [5, 5.41) is 2.74. The normalized spacial score (nSPS) is 11.7. The van der Waals surface area contributed by atoms with Crippen LogP contribution >= 0.6 is 0 Å². The number of esters is 1. The number of nitrogens with two attached hydrogens (primary N) is 1. The molecule has 1 aromatic carbocycles. The van der Waals surface area contributed by atoms with Gasteiger partial charge in [-0.1, -0.05) is 13.0 Å². The minimum Gasteiger partial charge on any atom is -0.462 e. The van der Waals surface area contributed by atoms with E-state index in [0.29, 0.717) is 30.8 Å². The number of benzene rings is 1. The number of ether oxygens (including phenoxy) is 1. The molecular weight excluding hydrogens is 244 g/mol. The summed E-state index contributed by atoms with van der Waals surface area (Å²) in [6, 6.07) is 6.68. The Morgan fingerprint density at radius 3 is 2.79 bits per heavy atom. The molecule has 0 bridgehead atoms. The van der Waals surface area contributed by atoms with Crippen LogP contribution in [0.25, 0.3) is 0 Å². The Labute approximate surface area is 113 Å². The Balaban J connectivity index is 2.66. The smallest absolute Gasteiger partial charge is 0.338 e. The zero-order chi connectivity index (χ0) is 14.3. The molecule has 0 fully saturated rings. The highest BCUT2D eigenvalue weighted by Gasteiger charge is 2.10. The van der Waals surface area contributed by atoms with Crippen molar-refractivity contribution in [1.29, 1.82) is 0 Å². The average molecular weight is 264 g/mol. The van der Waals surface area contributed by atoms with E-state index >= 15 is 0 Å². The quantitative estimate of drug-likeness (QED) is 0.767. The molecule has 1 rings (SSSR count). The van der Waals surface area contributed by atoms with Gasteiger partial charge in [0.1, 0.15) is 0 Å². The second-order valence-corrected chi connectivity index (χ2v) is 4.39. The summed E-state index contributed by atoms with van der Waals surface area (Å²) in [7, 11) is 0. The van der Waals surface area contributed by atoms with Gasteiger partial charge in [-0.05, 0) is 37.6 Å². The molecule has 0 saturated carbocycles. The van der Waals surface area contributed by atoms with Crippen molar-refractivity contribution in [2.45, 2.75) is 20.3 Å². The molecule has 0 saturated heterocycles. The summed E-state index contributed by atoms with van der Waals surface area (Å²) in [5.74, 6) is -0.374. The lowest BCUT2D eigenvalue weighted by atomic mass is 10.1. The highest BCUT2D eigenvalue weighted by Crippen LogP contribution is 2.13. The van der Waals surface area contributed by atoms with Crippen LogP contribution in [-0.4, -0.2) is 25.0 Å². The van der Waals surface area contributed by atoms with Crippen LogP contribution in [-0.2, 0) is 9.53 Å². The Morgan fingerprint density at radius 2 is 2.16 bits per heavy atom. The van der Waals surface area contributed by atoms with Crippen LogP contribution in [0.3, 0.4) is 0 Å². The molecule has 1 unspecified atom stereocenters. The van der Waals surface area contributed by atoms with Gasteiger partial charge >= 0.3 is 5.97 Å². The molecule has 1 amide bonds. The number of anilines is 1. The molecule has 1 atom stereocenters. The highest BCUT2D eigenvalue weighted by atomic mass is 16.5. The molecule has 104 valence electrons. The Hall–Kier alpha value is -1.88. The molecule has 0 spiro atoms. The third kappa shape index (κ3) is 5.09. The fraction of sp³-hybridized carbons (Fsp3) is 0.429. The summed E-state index contributed by atoms with van der Waals surface area (Å²) in [6.07, 6.45) is 0.361. The van der Waals surface area contributed by atoms with E-state index in [1.54, 1.807) is 31.2 Å². The largest absolute Gasteiger partial charge is 0.462 e. The van der Waals surface area contributed by atoms with Crippen LogP contribution in [0, 0.1) is 5.92 Å². The van der Waals surface area contributed by atoms with Gasteiger partial charge in [-0.3, -0.25) is 4.79 Å². The molecule has 0 aliphatic rings. The van der Waals surface area contributed by atoms with Crippen molar-refractivity contribution < 1.29 is 14.3 Å². The van der Waals surface area contributed by atoms with Crippen molar-refractivity contribution >= 4 is 17.6 Å². The van der Waals surface area contributed by atoms with Crippen LogP contribution in [0.4, 0.5) is 5.69 Å². The van der Waals surface area contributed by atoms with Gasteiger partial charge in [0, 0.05) is 12.1 Å². The number of amides is 1. The summed E-state index contributed by atoms with van der Waals surface area (Å²) in [6.45, 7) is 4.45. The molecule has 0 aliphatic carbocycles. The highest BCUT2D eigenvalue weighted by molar-refractivity contribution is 5.94. The molecule has 19 heavy (non-hydrogen) atoms. The number of rotatable bonds is 6. The lowest BCUT2D eigenvalue weighted by Gasteiger charge is -2.10. The zero-order valence-electron chi connectivity index (χ0n) is 11.3. The molecule has 0 aliphatic heterocycles. The van der Waals surface area contributed by atoms with E-state index in [1.165, 1.54) is 0 Å². The standard InChI is InChI=1S/C14H20N2O3/c1-3-19-14(18)11-5-4-6-12(8-11)16-13(17)7-10(2)9-15/h4-6,8,10H,3,7,9,15H2,1-2H3,(H,16,17). The Morgan fingerprint density at radius 1 is 1.42 bits per heavy atom. The van der Waals surface area contributed by atoms with Crippen molar-refractivity contribution in [2.24, 2.45) is 11.7 Å². The van der Waals surface area contributed by atoms with Crippen LogP contribution in [0.15, 0.2) is 24.3 Å². The maximum Gasteiger partial charge on any atom is 0.338 e. The van der Waals surface area contributed by atoms with Crippen molar-refractivity contribution in [3.63, 3.8) is 0 Å². The van der Waals surface area contributed by atoms with E-state index in [9.17, 15) is 9.59 Å². The number of hydrogen-bond acceptors (Lipinski definition) is 4. The Kier molecular flexibility index (Phi) is 6.02. The van der Waals surface area contributed by atoms with Crippen LogP contribution < -0.4 is 11.1 Å².